The van der Waals surface area contributed by atoms with E-state index in [1.807, 2.05) is 18.2 Å². The minimum Gasteiger partial charge on any atom is -0.481 e. The number of rotatable bonds is 3. The molecule has 120 valence electrons. The van der Waals surface area contributed by atoms with Crippen molar-refractivity contribution >= 4 is 29.1 Å². The van der Waals surface area contributed by atoms with Gasteiger partial charge in [0.05, 0.1) is 23.4 Å². The molecule has 3 nitrogen and oxygen atoms in total. The Morgan fingerprint density at radius 3 is 2.48 bits per heavy atom. The highest BCUT2D eigenvalue weighted by Gasteiger charge is 2.33. The normalized spacial score (nSPS) is 13.4. The van der Waals surface area contributed by atoms with E-state index in [0.29, 0.717) is 10.6 Å². The summed E-state index contributed by atoms with van der Waals surface area (Å²) in [5.41, 5.74) is 0.704. The maximum atomic E-state index is 12.9. The number of alkyl halides is 3. The summed E-state index contributed by atoms with van der Waals surface area (Å²) in [6, 6.07) is 10.8. The first-order valence-corrected chi connectivity index (χ1v) is 7.65. The number of hydrogen-bond donors (Lipinski definition) is 1. The molecule has 0 unspecified atom stereocenters. The monoisotopic (exact) mass is 339 g/mol. The molecule has 1 N–H and O–H groups in total. The molecular weight excluding hydrogens is 327 g/mol. The van der Waals surface area contributed by atoms with Crippen molar-refractivity contribution in [2.45, 2.75) is 22.4 Å². The van der Waals surface area contributed by atoms with E-state index in [9.17, 15) is 18.0 Å². The summed E-state index contributed by atoms with van der Waals surface area (Å²) in [7, 11) is 0. The molecule has 3 rings (SSSR count). The van der Waals surface area contributed by atoms with Gasteiger partial charge >= 0.3 is 12.1 Å². The smallest absolute Gasteiger partial charge is 0.416 e. The molecule has 0 atom stereocenters. The molecule has 7 heteroatoms. The number of carboxylic acids is 1. The van der Waals surface area contributed by atoms with Crippen molar-refractivity contribution in [3.63, 3.8) is 0 Å². The molecule has 0 bridgehead atoms. The Balaban J connectivity index is 2.05. The predicted octanol–water partition coefficient (Wildman–Crippen LogP) is 4.78. The Kier molecular flexibility index (Phi) is 3.97. The molecule has 23 heavy (non-hydrogen) atoms. The first-order chi connectivity index (χ1) is 10.9. The summed E-state index contributed by atoms with van der Waals surface area (Å²) >= 11 is 1.26. The van der Waals surface area contributed by atoms with E-state index in [2.05, 4.69) is 0 Å². The van der Waals surface area contributed by atoms with E-state index in [-0.39, 0.29) is 13.0 Å². The number of fused-ring (bicyclic) bond motifs is 2. The zero-order chi connectivity index (χ0) is 16.6. The fourth-order valence-electron chi connectivity index (χ4n) is 2.46. The highest BCUT2D eigenvalue weighted by molar-refractivity contribution is 7.99. The van der Waals surface area contributed by atoms with E-state index in [1.54, 1.807) is 11.0 Å². The Morgan fingerprint density at radius 1 is 1.09 bits per heavy atom. The molecular formula is C16H12F3NO2S. The number of nitrogens with zero attached hydrogens (tertiary/aromatic N) is 1. The summed E-state index contributed by atoms with van der Waals surface area (Å²) < 4.78 is 38.7. The van der Waals surface area contributed by atoms with Crippen LogP contribution in [-0.2, 0) is 11.0 Å². The standard InChI is InChI=1S/C16H12F3NO2S/c17-16(18,19)10-5-6-12-14(9-10)23-13-4-2-1-3-11(13)20(12)8-7-15(21)22/h1-6,9H,7-8H2,(H,21,22). The average molecular weight is 339 g/mol. The maximum absolute atomic E-state index is 12.9. The molecule has 0 amide bonds. The molecule has 0 spiro atoms. The Bertz CT molecular complexity index is 761. The second-order valence-electron chi connectivity index (χ2n) is 5.05. The van der Waals surface area contributed by atoms with Crippen LogP contribution in [0.3, 0.4) is 0 Å². The molecule has 0 fully saturated rings. The maximum Gasteiger partial charge on any atom is 0.416 e. The second kappa shape index (κ2) is 5.81. The van der Waals surface area contributed by atoms with Crippen molar-refractivity contribution in [1.29, 1.82) is 0 Å². The lowest BCUT2D eigenvalue weighted by molar-refractivity contribution is -0.138. The van der Waals surface area contributed by atoms with Crippen LogP contribution in [0.1, 0.15) is 12.0 Å². The number of benzene rings is 2. The van der Waals surface area contributed by atoms with Crippen LogP contribution in [0, 0.1) is 0 Å². The van der Waals surface area contributed by atoms with Gasteiger partial charge in [-0.2, -0.15) is 13.2 Å². The van der Waals surface area contributed by atoms with Gasteiger partial charge in [0.1, 0.15) is 0 Å². The lowest BCUT2D eigenvalue weighted by Gasteiger charge is -2.32. The Hall–Kier alpha value is -2.15. The van der Waals surface area contributed by atoms with E-state index in [1.165, 1.54) is 17.8 Å². The van der Waals surface area contributed by atoms with Crippen LogP contribution in [0.5, 0.6) is 0 Å². The number of para-hydroxylation sites is 1. The van der Waals surface area contributed by atoms with Crippen LogP contribution >= 0.6 is 11.8 Å². The zero-order valence-corrected chi connectivity index (χ0v) is 12.6. The van der Waals surface area contributed by atoms with Gasteiger partial charge in [-0.1, -0.05) is 23.9 Å². The molecule has 0 saturated carbocycles. The van der Waals surface area contributed by atoms with Crippen LogP contribution in [-0.4, -0.2) is 17.6 Å². The van der Waals surface area contributed by atoms with Gasteiger partial charge < -0.3 is 10.0 Å². The van der Waals surface area contributed by atoms with Crippen molar-refractivity contribution in [2.24, 2.45) is 0 Å². The van der Waals surface area contributed by atoms with Gasteiger partial charge in [-0.15, -0.1) is 0 Å². The number of hydrogen-bond acceptors (Lipinski definition) is 3. The highest BCUT2D eigenvalue weighted by atomic mass is 32.2. The average Bonchev–Trinajstić information content (AvgIpc) is 2.49. The van der Waals surface area contributed by atoms with Crippen LogP contribution < -0.4 is 4.90 Å². The van der Waals surface area contributed by atoms with E-state index < -0.39 is 17.7 Å². The number of anilines is 2. The summed E-state index contributed by atoms with van der Waals surface area (Å²) in [6.45, 7) is 0.200. The van der Waals surface area contributed by atoms with Crippen LogP contribution in [0.2, 0.25) is 0 Å². The molecule has 2 aromatic rings. The minimum absolute atomic E-state index is 0.0978. The fraction of sp³-hybridized carbons (Fsp3) is 0.188. The highest BCUT2D eigenvalue weighted by Crippen LogP contribution is 2.49. The third-order valence-electron chi connectivity index (χ3n) is 3.50. The fourth-order valence-corrected chi connectivity index (χ4v) is 3.59. The SMILES string of the molecule is O=C(O)CCN1c2ccccc2Sc2cc(C(F)(F)F)ccc21. The Morgan fingerprint density at radius 2 is 1.78 bits per heavy atom. The molecule has 0 aliphatic carbocycles. The summed E-state index contributed by atoms with van der Waals surface area (Å²) in [5.74, 6) is -0.950. The predicted molar refractivity (Wildman–Crippen MR) is 81.3 cm³/mol. The number of halogens is 3. The number of aliphatic carboxylic acids is 1. The van der Waals surface area contributed by atoms with Gasteiger partial charge in [-0.05, 0) is 30.3 Å². The molecule has 0 aromatic heterocycles. The Labute approximate surface area is 134 Å². The topological polar surface area (TPSA) is 40.5 Å². The van der Waals surface area contributed by atoms with Crippen LogP contribution in [0.4, 0.5) is 24.5 Å². The van der Waals surface area contributed by atoms with E-state index in [0.717, 1.165) is 22.7 Å². The van der Waals surface area contributed by atoms with Gasteiger partial charge in [0.25, 0.3) is 0 Å². The molecule has 1 aliphatic heterocycles. The van der Waals surface area contributed by atoms with Gasteiger partial charge in [0.2, 0.25) is 0 Å². The van der Waals surface area contributed by atoms with E-state index >= 15 is 0 Å². The second-order valence-corrected chi connectivity index (χ2v) is 6.13. The molecule has 1 aliphatic rings. The van der Waals surface area contributed by atoms with Crippen LogP contribution in [0.25, 0.3) is 0 Å². The summed E-state index contributed by atoms with van der Waals surface area (Å²) in [6.07, 6.45) is -4.50. The largest absolute Gasteiger partial charge is 0.481 e. The third kappa shape index (κ3) is 3.14. The molecule has 0 saturated heterocycles. The summed E-state index contributed by atoms with van der Waals surface area (Å²) in [5, 5.41) is 8.91. The van der Waals surface area contributed by atoms with Crippen molar-refractivity contribution in [1.82, 2.24) is 0 Å². The van der Waals surface area contributed by atoms with Gasteiger partial charge in [-0.3, -0.25) is 4.79 Å². The van der Waals surface area contributed by atoms with Gasteiger partial charge in [-0.25, -0.2) is 0 Å². The molecule has 2 aromatic carbocycles. The zero-order valence-electron chi connectivity index (χ0n) is 11.8. The quantitative estimate of drug-likeness (QED) is 0.873. The lowest BCUT2D eigenvalue weighted by atomic mass is 10.1. The first kappa shape index (κ1) is 15.7. The minimum atomic E-state index is -4.40. The van der Waals surface area contributed by atoms with Crippen molar-refractivity contribution in [2.75, 3.05) is 11.4 Å². The molecule has 1 heterocycles. The first-order valence-electron chi connectivity index (χ1n) is 6.84. The van der Waals surface area contributed by atoms with Crippen molar-refractivity contribution in [3.8, 4) is 0 Å². The summed E-state index contributed by atoms with van der Waals surface area (Å²) in [4.78, 5) is 13.9. The lowest BCUT2D eigenvalue weighted by Crippen LogP contribution is -2.24. The third-order valence-corrected chi connectivity index (χ3v) is 4.62. The van der Waals surface area contributed by atoms with Crippen molar-refractivity contribution in [3.05, 3.63) is 48.0 Å². The number of carboxylic acid groups (broad SMARTS) is 1. The van der Waals surface area contributed by atoms with Crippen LogP contribution in [0.15, 0.2) is 52.3 Å². The molecule has 0 radical (unpaired) electrons. The number of carbonyl (C=O) groups is 1. The van der Waals surface area contributed by atoms with Gasteiger partial charge in [0, 0.05) is 16.3 Å². The van der Waals surface area contributed by atoms with E-state index in [4.69, 9.17) is 5.11 Å². The van der Waals surface area contributed by atoms with Crippen molar-refractivity contribution < 1.29 is 23.1 Å². The van der Waals surface area contributed by atoms with Gasteiger partial charge in [0.15, 0.2) is 0 Å².